The maximum absolute atomic E-state index is 11.7. The van der Waals surface area contributed by atoms with Gasteiger partial charge in [-0.1, -0.05) is 0 Å². The van der Waals surface area contributed by atoms with E-state index in [-0.39, 0.29) is 30.8 Å². The van der Waals surface area contributed by atoms with Crippen molar-refractivity contribution in [2.24, 2.45) is 5.92 Å². The van der Waals surface area contributed by atoms with Crippen LogP contribution in [-0.2, 0) is 4.79 Å². The molecule has 1 amide bonds. The van der Waals surface area contributed by atoms with Crippen LogP contribution in [0.25, 0.3) is 0 Å². The van der Waals surface area contributed by atoms with Crippen molar-refractivity contribution >= 4 is 18.3 Å². The van der Waals surface area contributed by atoms with E-state index < -0.39 is 5.54 Å². The number of aliphatic hydroxyl groups excluding tert-OH is 1. The van der Waals surface area contributed by atoms with Crippen LogP contribution in [0.15, 0.2) is 0 Å². The number of nitrogens with one attached hydrogen (secondary N) is 2. The lowest BCUT2D eigenvalue weighted by Crippen LogP contribution is -2.50. The van der Waals surface area contributed by atoms with Crippen molar-refractivity contribution < 1.29 is 9.90 Å². The van der Waals surface area contributed by atoms with E-state index in [1.807, 2.05) is 13.8 Å². The molecule has 0 atom stereocenters. The van der Waals surface area contributed by atoms with E-state index >= 15 is 0 Å². The first-order chi connectivity index (χ1) is 6.55. The van der Waals surface area contributed by atoms with Gasteiger partial charge in [-0.3, -0.25) is 4.79 Å². The molecule has 5 heteroatoms. The summed E-state index contributed by atoms with van der Waals surface area (Å²) in [5, 5.41) is 15.1. The highest BCUT2D eigenvalue weighted by Gasteiger charge is 2.26. The van der Waals surface area contributed by atoms with Crippen LogP contribution in [0.2, 0.25) is 0 Å². The summed E-state index contributed by atoms with van der Waals surface area (Å²) in [6.45, 7) is 5.46. The fraction of sp³-hybridized carbons (Fsp3) is 0.900. The highest BCUT2D eigenvalue weighted by Crippen LogP contribution is 2.13. The van der Waals surface area contributed by atoms with Crippen molar-refractivity contribution in [2.45, 2.75) is 32.2 Å². The minimum absolute atomic E-state index is 0. The molecule has 1 aliphatic heterocycles. The van der Waals surface area contributed by atoms with Crippen LogP contribution in [0.1, 0.15) is 26.7 Å². The van der Waals surface area contributed by atoms with Gasteiger partial charge in [0.1, 0.15) is 0 Å². The van der Waals surface area contributed by atoms with E-state index in [1.165, 1.54) is 0 Å². The Kier molecular flexibility index (Phi) is 6.17. The lowest BCUT2D eigenvalue weighted by atomic mass is 9.95. The smallest absolute Gasteiger partial charge is 0.223 e. The van der Waals surface area contributed by atoms with Crippen molar-refractivity contribution in [3.05, 3.63) is 0 Å². The van der Waals surface area contributed by atoms with Crippen molar-refractivity contribution in [3.63, 3.8) is 0 Å². The predicted octanol–water partition coefficient (Wildman–Crippen LogP) is 0.295. The average Bonchev–Trinajstić information content (AvgIpc) is 2.19. The molecule has 90 valence electrons. The molecule has 1 fully saturated rings. The molecule has 15 heavy (non-hydrogen) atoms. The number of halogens is 1. The maximum atomic E-state index is 11.7. The summed E-state index contributed by atoms with van der Waals surface area (Å²) in [7, 11) is 0. The van der Waals surface area contributed by atoms with E-state index in [0.717, 1.165) is 25.9 Å². The largest absolute Gasteiger partial charge is 0.394 e. The topological polar surface area (TPSA) is 61.4 Å². The Morgan fingerprint density at radius 3 is 2.47 bits per heavy atom. The van der Waals surface area contributed by atoms with Gasteiger partial charge in [-0.2, -0.15) is 0 Å². The number of carbonyl (C=O) groups is 1. The third-order valence-electron chi connectivity index (χ3n) is 2.57. The summed E-state index contributed by atoms with van der Waals surface area (Å²) < 4.78 is 0. The van der Waals surface area contributed by atoms with Gasteiger partial charge in [-0.15, -0.1) is 12.4 Å². The van der Waals surface area contributed by atoms with E-state index in [4.69, 9.17) is 5.11 Å². The normalized spacial score (nSPS) is 18.1. The van der Waals surface area contributed by atoms with Crippen LogP contribution in [0.3, 0.4) is 0 Å². The summed E-state index contributed by atoms with van der Waals surface area (Å²) in [6, 6.07) is 0. The van der Waals surface area contributed by atoms with Gasteiger partial charge in [-0.25, -0.2) is 0 Å². The highest BCUT2D eigenvalue weighted by atomic mass is 35.5. The number of piperidine rings is 1. The Morgan fingerprint density at radius 2 is 2.00 bits per heavy atom. The third-order valence-corrected chi connectivity index (χ3v) is 2.57. The van der Waals surface area contributed by atoms with Crippen molar-refractivity contribution in [3.8, 4) is 0 Å². The van der Waals surface area contributed by atoms with Crippen molar-refractivity contribution in [1.82, 2.24) is 10.6 Å². The minimum Gasteiger partial charge on any atom is -0.394 e. The summed E-state index contributed by atoms with van der Waals surface area (Å²) in [6.07, 6.45) is 1.79. The van der Waals surface area contributed by atoms with Crippen LogP contribution in [-0.4, -0.2) is 36.2 Å². The number of amides is 1. The van der Waals surface area contributed by atoms with Crippen LogP contribution in [0, 0.1) is 5.92 Å². The molecule has 1 aliphatic rings. The molecule has 0 aliphatic carbocycles. The molecule has 1 heterocycles. The molecule has 0 radical (unpaired) electrons. The maximum Gasteiger partial charge on any atom is 0.223 e. The molecule has 0 spiro atoms. The lowest BCUT2D eigenvalue weighted by Gasteiger charge is -2.28. The Bertz CT molecular complexity index is 204. The molecule has 3 N–H and O–H groups in total. The second-order valence-corrected chi connectivity index (χ2v) is 4.56. The molecule has 0 aromatic rings. The van der Waals surface area contributed by atoms with E-state index in [2.05, 4.69) is 10.6 Å². The molecule has 0 bridgehead atoms. The third kappa shape index (κ3) is 4.82. The molecule has 0 aromatic carbocycles. The fourth-order valence-electron chi connectivity index (χ4n) is 1.56. The van der Waals surface area contributed by atoms with E-state index in [1.54, 1.807) is 0 Å². The van der Waals surface area contributed by atoms with Crippen molar-refractivity contribution in [2.75, 3.05) is 19.7 Å². The average molecular weight is 237 g/mol. The van der Waals surface area contributed by atoms with Gasteiger partial charge < -0.3 is 15.7 Å². The van der Waals surface area contributed by atoms with Crippen LogP contribution >= 0.6 is 12.4 Å². The van der Waals surface area contributed by atoms with Crippen LogP contribution in [0.4, 0.5) is 0 Å². The quantitative estimate of drug-likeness (QED) is 0.661. The molecule has 0 saturated carbocycles. The zero-order valence-corrected chi connectivity index (χ0v) is 10.2. The Balaban J connectivity index is 0.00000196. The van der Waals surface area contributed by atoms with Gasteiger partial charge in [0.2, 0.25) is 5.91 Å². The molecule has 0 unspecified atom stereocenters. The molecular weight excluding hydrogens is 216 g/mol. The van der Waals surface area contributed by atoms with Gasteiger partial charge in [0.05, 0.1) is 12.1 Å². The summed E-state index contributed by atoms with van der Waals surface area (Å²) in [5.74, 6) is 0.188. The van der Waals surface area contributed by atoms with E-state index in [9.17, 15) is 4.79 Å². The fourth-order valence-corrected chi connectivity index (χ4v) is 1.56. The van der Waals surface area contributed by atoms with Crippen LogP contribution < -0.4 is 10.6 Å². The van der Waals surface area contributed by atoms with Gasteiger partial charge in [0.15, 0.2) is 0 Å². The van der Waals surface area contributed by atoms with Gasteiger partial charge in [0.25, 0.3) is 0 Å². The monoisotopic (exact) mass is 236 g/mol. The lowest BCUT2D eigenvalue weighted by molar-refractivity contribution is -0.127. The SMILES string of the molecule is CC(C)(CO)NC(=O)C1CCNCC1.Cl. The van der Waals surface area contributed by atoms with Gasteiger partial charge in [0, 0.05) is 5.92 Å². The van der Waals surface area contributed by atoms with Gasteiger partial charge >= 0.3 is 0 Å². The van der Waals surface area contributed by atoms with Crippen molar-refractivity contribution in [1.29, 1.82) is 0 Å². The minimum atomic E-state index is -0.498. The zero-order valence-electron chi connectivity index (χ0n) is 9.38. The summed E-state index contributed by atoms with van der Waals surface area (Å²) in [4.78, 5) is 11.7. The molecule has 1 saturated heterocycles. The number of hydrogen-bond acceptors (Lipinski definition) is 3. The Morgan fingerprint density at radius 1 is 1.47 bits per heavy atom. The number of rotatable bonds is 3. The number of carbonyl (C=O) groups excluding carboxylic acids is 1. The second-order valence-electron chi connectivity index (χ2n) is 4.56. The molecule has 4 nitrogen and oxygen atoms in total. The summed E-state index contributed by atoms with van der Waals surface area (Å²) in [5.41, 5.74) is -0.498. The standard InChI is InChI=1S/C10H20N2O2.ClH/c1-10(2,7-13)12-9(14)8-3-5-11-6-4-8;/h8,11,13H,3-7H2,1-2H3,(H,12,14);1H. The zero-order chi connectivity index (χ0) is 10.6. The number of aliphatic hydroxyl groups is 1. The first kappa shape index (κ1) is 14.7. The molecule has 0 aromatic heterocycles. The first-order valence-electron chi connectivity index (χ1n) is 5.19. The molecular formula is C10H21ClN2O2. The van der Waals surface area contributed by atoms with Crippen LogP contribution in [0.5, 0.6) is 0 Å². The Labute approximate surface area is 97.2 Å². The van der Waals surface area contributed by atoms with Gasteiger partial charge in [-0.05, 0) is 39.8 Å². The predicted molar refractivity (Wildman–Crippen MR) is 62.1 cm³/mol. The second kappa shape index (κ2) is 6.30. The number of hydrogen-bond donors (Lipinski definition) is 3. The Hall–Kier alpha value is -0.320. The van der Waals surface area contributed by atoms with E-state index in [0.29, 0.717) is 0 Å². The summed E-state index contributed by atoms with van der Waals surface area (Å²) >= 11 is 0. The first-order valence-corrected chi connectivity index (χ1v) is 5.19. The highest BCUT2D eigenvalue weighted by molar-refractivity contribution is 5.85. The molecule has 1 rings (SSSR count).